The van der Waals surface area contributed by atoms with Crippen LogP contribution in [0.4, 0.5) is 5.82 Å². The van der Waals surface area contributed by atoms with Gasteiger partial charge in [-0.2, -0.15) is 0 Å². The number of rotatable bonds is 3. The van der Waals surface area contributed by atoms with Gasteiger partial charge < -0.3 is 5.32 Å². The van der Waals surface area contributed by atoms with Gasteiger partial charge in [0.2, 0.25) is 0 Å². The Kier molecular flexibility index (Phi) is 3.20. The van der Waals surface area contributed by atoms with Crippen molar-refractivity contribution in [2.75, 3.05) is 5.32 Å². The van der Waals surface area contributed by atoms with Crippen molar-refractivity contribution >= 4 is 12.1 Å². The average Bonchev–Trinajstić information content (AvgIpc) is 2.03. The second kappa shape index (κ2) is 4.40. The van der Waals surface area contributed by atoms with Crippen LogP contribution in [0.2, 0.25) is 0 Å². The number of aldehydes is 1. The van der Waals surface area contributed by atoms with E-state index < -0.39 is 0 Å². The molecule has 3 heteroatoms. The molecule has 0 radical (unpaired) electrons. The Hall–Kier alpha value is -1.64. The van der Waals surface area contributed by atoms with Crippen LogP contribution in [-0.2, 0) is 4.79 Å². The van der Waals surface area contributed by atoms with E-state index in [0.29, 0.717) is 0 Å². The number of carbonyl (C=O) groups is 1. The van der Waals surface area contributed by atoms with Gasteiger partial charge in [-0.05, 0) is 37.6 Å². The maximum absolute atomic E-state index is 9.98. The Morgan fingerprint density at radius 1 is 1.38 bits per heavy atom. The fraction of sp³-hybridized carbons (Fsp3) is 0.200. The van der Waals surface area contributed by atoms with Gasteiger partial charge in [-0.1, -0.05) is 0 Å². The first-order chi connectivity index (χ1) is 6.22. The quantitative estimate of drug-likeness (QED) is 0.564. The van der Waals surface area contributed by atoms with Gasteiger partial charge in [0.15, 0.2) is 0 Å². The molecule has 1 heterocycles. The molecule has 1 aromatic heterocycles. The van der Waals surface area contributed by atoms with Crippen molar-refractivity contribution < 1.29 is 4.79 Å². The van der Waals surface area contributed by atoms with Gasteiger partial charge in [-0.15, -0.1) is 0 Å². The summed E-state index contributed by atoms with van der Waals surface area (Å²) in [6.07, 6.45) is 3.67. The Balaban J connectivity index is 2.77. The lowest BCUT2D eigenvalue weighted by Gasteiger charge is -2.02. The predicted molar refractivity (Wildman–Crippen MR) is 52.5 cm³/mol. The van der Waals surface area contributed by atoms with E-state index in [9.17, 15) is 4.79 Å². The fourth-order valence-electron chi connectivity index (χ4n) is 1.09. The second-order valence-electron chi connectivity index (χ2n) is 2.81. The summed E-state index contributed by atoms with van der Waals surface area (Å²) >= 11 is 0. The summed E-state index contributed by atoms with van der Waals surface area (Å²) < 4.78 is 0. The molecule has 1 rings (SSSR count). The summed E-state index contributed by atoms with van der Waals surface area (Å²) in [7, 11) is 0. The van der Waals surface area contributed by atoms with Crippen LogP contribution in [-0.4, -0.2) is 11.3 Å². The largest absolute Gasteiger partial charge is 0.347 e. The second-order valence-corrected chi connectivity index (χ2v) is 2.81. The molecule has 0 atom stereocenters. The van der Waals surface area contributed by atoms with Crippen molar-refractivity contribution in [3.8, 4) is 0 Å². The van der Waals surface area contributed by atoms with E-state index in [-0.39, 0.29) is 0 Å². The van der Waals surface area contributed by atoms with Gasteiger partial charge in [0.05, 0.1) is 0 Å². The monoisotopic (exact) mass is 176 g/mol. The van der Waals surface area contributed by atoms with E-state index >= 15 is 0 Å². The molecule has 0 aliphatic carbocycles. The molecule has 0 aliphatic rings. The molecule has 0 spiro atoms. The van der Waals surface area contributed by atoms with Crippen LogP contribution in [0.15, 0.2) is 24.4 Å². The van der Waals surface area contributed by atoms with E-state index in [1.165, 1.54) is 6.08 Å². The summed E-state index contributed by atoms with van der Waals surface area (Å²) in [5.74, 6) is 0.760. The highest BCUT2D eigenvalue weighted by Crippen LogP contribution is 2.08. The number of allylic oxidation sites excluding steroid dienone is 1. The number of hydrogen-bond donors (Lipinski definition) is 1. The Morgan fingerprint density at radius 2 is 2.15 bits per heavy atom. The van der Waals surface area contributed by atoms with Crippen LogP contribution >= 0.6 is 0 Å². The molecule has 0 bridgehead atoms. The first kappa shape index (κ1) is 9.45. The van der Waals surface area contributed by atoms with Crippen molar-refractivity contribution in [3.63, 3.8) is 0 Å². The minimum Gasteiger partial charge on any atom is -0.347 e. The normalized spacial score (nSPS) is 10.3. The summed E-state index contributed by atoms with van der Waals surface area (Å²) in [6, 6.07) is 3.91. The zero-order valence-electron chi connectivity index (χ0n) is 7.74. The summed E-state index contributed by atoms with van der Waals surface area (Å²) in [5.41, 5.74) is 2.11. The molecule has 0 saturated carbocycles. The molecule has 0 aliphatic heterocycles. The lowest BCUT2D eigenvalue weighted by molar-refractivity contribution is -0.104. The maximum Gasteiger partial charge on any atom is 0.144 e. The highest BCUT2D eigenvalue weighted by molar-refractivity contribution is 5.65. The van der Waals surface area contributed by atoms with E-state index in [2.05, 4.69) is 10.3 Å². The zero-order valence-corrected chi connectivity index (χ0v) is 7.74. The third kappa shape index (κ3) is 3.07. The molecule has 0 unspecified atom stereocenters. The van der Waals surface area contributed by atoms with Crippen LogP contribution in [0.1, 0.15) is 11.3 Å². The van der Waals surface area contributed by atoms with Crippen LogP contribution < -0.4 is 5.32 Å². The third-order valence-electron chi connectivity index (χ3n) is 1.50. The van der Waals surface area contributed by atoms with Crippen LogP contribution in [0, 0.1) is 13.8 Å². The van der Waals surface area contributed by atoms with Crippen molar-refractivity contribution in [3.05, 3.63) is 35.7 Å². The van der Waals surface area contributed by atoms with Crippen LogP contribution in [0.3, 0.4) is 0 Å². The van der Waals surface area contributed by atoms with Gasteiger partial charge in [-0.3, -0.25) is 4.79 Å². The maximum atomic E-state index is 9.98. The minimum absolute atomic E-state index is 0.718. The number of anilines is 1. The summed E-state index contributed by atoms with van der Waals surface area (Å²) in [4.78, 5) is 14.2. The van der Waals surface area contributed by atoms with Crippen molar-refractivity contribution in [1.82, 2.24) is 4.98 Å². The van der Waals surface area contributed by atoms with E-state index in [1.54, 1.807) is 6.20 Å². The molecular weight excluding hydrogens is 164 g/mol. The van der Waals surface area contributed by atoms with Crippen molar-refractivity contribution in [1.29, 1.82) is 0 Å². The van der Waals surface area contributed by atoms with Crippen LogP contribution in [0.5, 0.6) is 0 Å². The number of nitrogens with one attached hydrogen (secondary N) is 1. The molecule has 0 saturated heterocycles. The smallest absolute Gasteiger partial charge is 0.144 e. The van der Waals surface area contributed by atoms with Gasteiger partial charge in [0.1, 0.15) is 12.1 Å². The van der Waals surface area contributed by atoms with Gasteiger partial charge >= 0.3 is 0 Å². The Morgan fingerprint density at radius 3 is 2.77 bits per heavy atom. The topological polar surface area (TPSA) is 42.0 Å². The number of hydrogen-bond acceptors (Lipinski definition) is 3. The molecule has 0 aromatic carbocycles. The molecule has 0 amide bonds. The number of aryl methyl sites for hydroxylation is 2. The van der Waals surface area contributed by atoms with Crippen LogP contribution in [0.25, 0.3) is 0 Å². The SMILES string of the molecule is Cc1cc(C)nc(N/C=C/C=O)c1. The standard InChI is InChI=1S/C10H12N2O/c1-8-6-9(2)12-10(7-8)11-4-3-5-13/h3-7H,1-2H3,(H,11,12)/b4-3+. The fourth-order valence-corrected chi connectivity index (χ4v) is 1.09. The number of carbonyl (C=O) groups excluding carboxylic acids is 1. The molecule has 1 N–H and O–H groups in total. The van der Waals surface area contributed by atoms with E-state index in [1.807, 2.05) is 26.0 Å². The van der Waals surface area contributed by atoms with Gasteiger partial charge in [0, 0.05) is 11.9 Å². The summed E-state index contributed by atoms with van der Waals surface area (Å²) in [6.45, 7) is 3.94. The zero-order chi connectivity index (χ0) is 9.68. The number of pyridine rings is 1. The van der Waals surface area contributed by atoms with Crippen molar-refractivity contribution in [2.24, 2.45) is 0 Å². The molecule has 68 valence electrons. The molecule has 0 fully saturated rings. The predicted octanol–water partition coefficient (Wildman–Crippen LogP) is 1.82. The lowest BCUT2D eigenvalue weighted by Crippen LogP contribution is -1.94. The molecular formula is C10H12N2O. The Labute approximate surface area is 77.5 Å². The van der Waals surface area contributed by atoms with Gasteiger partial charge in [0.25, 0.3) is 0 Å². The number of aromatic nitrogens is 1. The molecule has 1 aromatic rings. The first-order valence-electron chi connectivity index (χ1n) is 4.04. The first-order valence-corrected chi connectivity index (χ1v) is 4.04. The lowest BCUT2D eigenvalue weighted by atomic mass is 10.2. The van der Waals surface area contributed by atoms with E-state index in [4.69, 9.17) is 0 Å². The van der Waals surface area contributed by atoms with Gasteiger partial charge in [-0.25, -0.2) is 4.98 Å². The van der Waals surface area contributed by atoms with Crippen molar-refractivity contribution in [2.45, 2.75) is 13.8 Å². The minimum atomic E-state index is 0.718. The number of nitrogens with zero attached hydrogens (tertiary/aromatic N) is 1. The third-order valence-corrected chi connectivity index (χ3v) is 1.50. The Bertz CT molecular complexity index is 311. The van der Waals surface area contributed by atoms with E-state index in [0.717, 1.165) is 23.4 Å². The average molecular weight is 176 g/mol. The highest BCUT2D eigenvalue weighted by atomic mass is 16.1. The molecule has 13 heavy (non-hydrogen) atoms. The molecule has 3 nitrogen and oxygen atoms in total. The highest BCUT2D eigenvalue weighted by Gasteiger charge is 1.93. The summed E-state index contributed by atoms with van der Waals surface area (Å²) in [5, 5.41) is 2.90.